The molecule has 1 fully saturated rings. The first-order chi connectivity index (χ1) is 14.0. The van der Waals surface area contributed by atoms with Crippen LogP contribution in [-0.2, 0) is 0 Å². The van der Waals surface area contributed by atoms with Gasteiger partial charge in [0.05, 0.1) is 16.2 Å². The summed E-state index contributed by atoms with van der Waals surface area (Å²) in [5.74, 6) is 0.679. The number of nitrogens with one attached hydrogen (secondary N) is 1. The van der Waals surface area contributed by atoms with Gasteiger partial charge in [-0.25, -0.2) is 9.79 Å². The SMILES string of the molecule is Cc1cccc(N=C2NC(=O)S/C2=C\c2ccc(-c3ccc(C(=O)O)cc3)o2)c1. The molecule has 4 rings (SSSR count). The summed E-state index contributed by atoms with van der Waals surface area (Å²) in [5.41, 5.74) is 2.82. The first-order valence-corrected chi connectivity index (χ1v) is 9.59. The predicted octanol–water partition coefficient (Wildman–Crippen LogP) is 5.48. The second-order valence-corrected chi connectivity index (χ2v) is 7.42. The number of rotatable bonds is 4. The maximum Gasteiger partial charge on any atom is 0.335 e. The van der Waals surface area contributed by atoms with Gasteiger partial charge in [0, 0.05) is 5.56 Å². The molecule has 2 heterocycles. The molecule has 0 saturated carbocycles. The van der Waals surface area contributed by atoms with Gasteiger partial charge in [0.15, 0.2) is 0 Å². The van der Waals surface area contributed by atoms with Gasteiger partial charge in [-0.2, -0.15) is 0 Å². The van der Waals surface area contributed by atoms with Crippen LogP contribution in [0.1, 0.15) is 21.7 Å². The summed E-state index contributed by atoms with van der Waals surface area (Å²) in [5, 5.41) is 11.6. The fourth-order valence-corrected chi connectivity index (χ4v) is 3.55. The van der Waals surface area contributed by atoms with Crippen LogP contribution in [0, 0.1) is 6.92 Å². The van der Waals surface area contributed by atoms with Crippen LogP contribution in [0.2, 0.25) is 0 Å². The fraction of sp³-hybridized carbons (Fsp3) is 0.0455. The zero-order chi connectivity index (χ0) is 20.4. The van der Waals surface area contributed by atoms with Crippen LogP contribution in [0.5, 0.6) is 0 Å². The Bertz CT molecular complexity index is 1160. The van der Waals surface area contributed by atoms with Crippen LogP contribution in [0.25, 0.3) is 17.4 Å². The molecule has 0 aliphatic carbocycles. The Morgan fingerprint density at radius 2 is 1.93 bits per heavy atom. The smallest absolute Gasteiger partial charge is 0.335 e. The van der Waals surface area contributed by atoms with Crippen molar-refractivity contribution >= 4 is 40.6 Å². The topological polar surface area (TPSA) is 91.9 Å². The number of aliphatic imine (C=N–C) groups is 1. The Morgan fingerprint density at radius 3 is 2.66 bits per heavy atom. The number of carbonyl (C=O) groups excluding carboxylic acids is 1. The summed E-state index contributed by atoms with van der Waals surface area (Å²) in [6.45, 7) is 1.98. The van der Waals surface area contributed by atoms with E-state index in [1.807, 2.05) is 31.2 Å². The first kappa shape index (κ1) is 18.8. The number of benzene rings is 2. The zero-order valence-corrected chi connectivity index (χ0v) is 16.2. The van der Waals surface area contributed by atoms with Crippen molar-refractivity contribution in [3.8, 4) is 11.3 Å². The molecule has 0 radical (unpaired) electrons. The quantitative estimate of drug-likeness (QED) is 0.601. The second kappa shape index (κ2) is 7.81. The lowest BCUT2D eigenvalue weighted by molar-refractivity contribution is 0.0697. The molecule has 1 aliphatic heterocycles. The van der Waals surface area contributed by atoms with E-state index >= 15 is 0 Å². The molecule has 1 saturated heterocycles. The molecule has 144 valence electrons. The average molecular weight is 404 g/mol. The van der Waals surface area contributed by atoms with Crippen LogP contribution in [-0.4, -0.2) is 22.2 Å². The Hall–Kier alpha value is -3.58. The number of nitrogens with zero attached hydrogens (tertiary/aromatic N) is 1. The monoisotopic (exact) mass is 404 g/mol. The maximum absolute atomic E-state index is 11.9. The van der Waals surface area contributed by atoms with Crippen molar-refractivity contribution < 1.29 is 19.1 Å². The van der Waals surface area contributed by atoms with E-state index in [1.54, 1.807) is 30.3 Å². The maximum atomic E-state index is 11.9. The van der Waals surface area contributed by atoms with E-state index in [1.165, 1.54) is 12.1 Å². The molecule has 0 unspecified atom stereocenters. The van der Waals surface area contributed by atoms with Crippen LogP contribution < -0.4 is 5.32 Å². The Kier molecular flexibility index (Phi) is 5.05. The minimum atomic E-state index is -0.975. The van der Waals surface area contributed by atoms with Crippen molar-refractivity contribution in [3.05, 3.63) is 82.5 Å². The summed E-state index contributed by atoms with van der Waals surface area (Å²) in [6.07, 6.45) is 1.76. The Balaban J connectivity index is 1.61. The number of thioether (sulfide) groups is 1. The van der Waals surface area contributed by atoms with E-state index in [0.717, 1.165) is 28.6 Å². The minimum absolute atomic E-state index is 0.196. The van der Waals surface area contributed by atoms with Gasteiger partial charge in [-0.1, -0.05) is 24.3 Å². The van der Waals surface area contributed by atoms with Crippen molar-refractivity contribution in [1.29, 1.82) is 0 Å². The molecule has 2 aromatic carbocycles. The molecule has 29 heavy (non-hydrogen) atoms. The second-order valence-electron chi connectivity index (χ2n) is 6.41. The number of furan rings is 1. The molecule has 2 N–H and O–H groups in total. The van der Waals surface area contributed by atoms with Crippen molar-refractivity contribution in [2.45, 2.75) is 6.92 Å². The van der Waals surface area contributed by atoms with Crippen LogP contribution in [0.15, 0.2) is 75.0 Å². The highest BCUT2D eigenvalue weighted by atomic mass is 32.2. The minimum Gasteiger partial charge on any atom is -0.478 e. The Labute approximate surface area is 171 Å². The van der Waals surface area contributed by atoms with E-state index in [9.17, 15) is 9.59 Å². The molecule has 0 spiro atoms. The van der Waals surface area contributed by atoms with E-state index in [-0.39, 0.29) is 10.8 Å². The molecule has 7 heteroatoms. The Morgan fingerprint density at radius 1 is 1.14 bits per heavy atom. The summed E-state index contributed by atoms with van der Waals surface area (Å²) >= 11 is 1.06. The van der Waals surface area contributed by atoms with Gasteiger partial charge in [0.2, 0.25) is 0 Å². The van der Waals surface area contributed by atoms with Gasteiger partial charge in [-0.3, -0.25) is 4.79 Å². The summed E-state index contributed by atoms with van der Waals surface area (Å²) in [6, 6.07) is 17.7. The zero-order valence-electron chi connectivity index (χ0n) is 15.4. The molecule has 1 aliphatic rings. The first-order valence-electron chi connectivity index (χ1n) is 8.78. The van der Waals surface area contributed by atoms with E-state index in [0.29, 0.717) is 22.3 Å². The molecule has 3 aromatic rings. The highest BCUT2D eigenvalue weighted by Gasteiger charge is 2.24. The summed E-state index contributed by atoms with van der Waals surface area (Å²) in [7, 11) is 0. The molecular weight excluding hydrogens is 388 g/mol. The lowest BCUT2D eigenvalue weighted by Gasteiger charge is -2.00. The molecule has 1 aromatic heterocycles. The highest BCUT2D eigenvalue weighted by molar-refractivity contribution is 8.18. The third-order valence-electron chi connectivity index (χ3n) is 4.22. The predicted molar refractivity (Wildman–Crippen MR) is 113 cm³/mol. The van der Waals surface area contributed by atoms with E-state index < -0.39 is 5.97 Å². The van der Waals surface area contributed by atoms with Crippen molar-refractivity contribution in [2.75, 3.05) is 0 Å². The molecule has 6 nitrogen and oxygen atoms in total. The van der Waals surface area contributed by atoms with Crippen molar-refractivity contribution in [3.63, 3.8) is 0 Å². The van der Waals surface area contributed by atoms with Crippen LogP contribution >= 0.6 is 11.8 Å². The number of amides is 1. The van der Waals surface area contributed by atoms with Gasteiger partial charge in [-0.15, -0.1) is 0 Å². The number of aryl methyl sites for hydroxylation is 1. The van der Waals surface area contributed by atoms with Gasteiger partial charge in [0.1, 0.15) is 17.4 Å². The highest BCUT2D eigenvalue weighted by Crippen LogP contribution is 2.30. The third-order valence-corrected chi connectivity index (χ3v) is 5.03. The normalized spacial score (nSPS) is 16.4. The standard InChI is InChI=1S/C22H16N2O4S/c1-13-3-2-4-16(11-13)23-20-19(29-22(27)24-20)12-17-9-10-18(28-17)14-5-7-15(8-6-14)21(25)26/h2-12H,1H3,(H,25,26)(H,23,24,27)/b19-12-. The van der Waals surface area contributed by atoms with Crippen LogP contribution in [0.3, 0.4) is 0 Å². The molecular formula is C22H16N2O4S. The molecule has 0 bridgehead atoms. The lowest BCUT2D eigenvalue weighted by Crippen LogP contribution is -2.18. The summed E-state index contributed by atoms with van der Waals surface area (Å²) < 4.78 is 5.85. The fourth-order valence-electron chi connectivity index (χ4n) is 2.83. The van der Waals surface area contributed by atoms with E-state index in [2.05, 4.69) is 10.3 Å². The summed E-state index contributed by atoms with van der Waals surface area (Å²) in [4.78, 5) is 28.1. The van der Waals surface area contributed by atoms with Gasteiger partial charge in [0.25, 0.3) is 5.24 Å². The number of amidine groups is 1. The van der Waals surface area contributed by atoms with Gasteiger partial charge >= 0.3 is 5.97 Å². The number of carbonyl (C=O) groups is 2. The molecule has 0 atom stereocenters. The van der Waals surface area contributed by atoms with Gasteiger partial charge < -0.3 is 14.8 Å². The average Bonchev–Trinajstić information content (AvgIpc) is 3.29. The van der Waals surface area contributed by atoms with Crippen molar-refractivity contribution in [1.82, 2.24) is 5.32 Å². The number of carboxylic acid groups (broad SMARTS) is 1. The number of hydrogen-bond acceptors (Lipinski definition) is 5. The largest absolute Gasteiger partial charge is 0.478 e. The van der Waals surface area contributed by atoms with Crippen LogP contribution in [0.4, 0.5) is 10.5 Å². The number of carboxylic acids is 1. The number of hydrogen-bond donors (Lipinski definition) is 2. The van der Waals surface area contributed by atoms with Crippen molar-refractivity contribution in [2.24, 2.45) is 4.99 Å². The molecule has 1 amide bonds. The third kappa shape index (κ3) is 4.30. The lowest BCUT2D eigenvalue weighted by atomic mass is 10.1. The number of aromatic carboxylic acids is 1. The van der Waals surface area contributed by atoms with Gasteiger partial charge in [-0.05, 0) is 66.7 Å². The van der Waals surface area contributed by atoms with E-state index in [4.69, 9.17) is 9.52 Å².